The third-order valence-electron chi connectivity index (χ3n) is 2.58. The van der Waals surface area contributed by atoms with Gasteiger partial charge in [-0.15, -0.1) is 23.5 Å². The molecule has 1 heterocycles. The van der Waals surface area contributed by atoms with Crippen LogP contribution in [0.2, 0.25) is 0 Å². The van der Waals surface area contributed by atoms with E-state index in [1.54, 1.807) is 0 Å². The van der Waals surface area contributed by atoms with Gasteiger partial charge in [-0.3, -0.25) is 0 Å². The van der Waals surface area contributed by atoms with Crippen LogP contribution in [0.25, 0.3) is 0 Å². The normalized spacial score (nSPS) is 20.1. The fraction of sp³-hybridized carbons (Fsp3) is 0.500. The van der Waals surface area contributed by atoms with E-state index < -0.39 is 0 Å². The lowest BCUT2D eigenvalue weighted by atomic mass is 10.0. The molecule has 0 saturated carbocycles. The fourth-order valence-electron chi connectivity index (χ4n) is 1.76. The first-order valence-corrected chi connectivity index (χ1v) is 8.48. The SMILES string of the molecule is BrCC(c1ccccc1)C1SCCCS1. The van der Waals surface area contributed by atoms with Crippen molar-refractivity contribution in [2.24, 2.45) is 0 Å². The third-order valence-corrected chi connectivity index (χ3v) is 6.45. The van der Waals surface area contributed by atoms with Crippen LogP contribution in [0.1, 0.15) is 17.9 Å². The van der Waals surface area contributed by atoms with E-state index in [9.17, 15) is 0 Å². The first kappa shape index (κ1) is 11.9. The maximum Gasteiger partial charge on any atom is 0.0578 e. The second kappa shape index (κ2) is 6.21. The lowest BCUT2D eigenvalue weighted by Crippen LogP contribution is -2.17. The maximum absolute atomic E-state index is 3.66. The molecule has 0 N–H and O–H groups in total. The van der Waals surface area contributed by atoms with Crippen LogP contribution >= 0.6 is 39.5 Å². The Bertz CT molecular complexity index is 283. The third kappa shape index (κ3) is 3.18. The Morgan fingerprint density at radius 1 is 1.20 bits per heavy atom. The molecule has 15 heavy (non-hydrogen) atoms. The molecule has 0 aliphatic carbocycles. The van der Waals surface area contributed by atoms with E-state index in [1.807, 2.05) is 0 Å². The molecule has 1 aliphatic heterocycles. The van der Waals surface area contributed by atoms with Crippen LogP contribution in [0, 0.1) is 0 Å². The molecule has 0 bridgehead atoms. The van der Waals surface area contributed by atoms with E-state index in [0.29, 0.717) is 5.92 Å². The van der Waals surface area contributed by atoms with Gasteiger partial charge in [0.1, 0.15) is 0 Å². The van der Waals surface area contributed by atoms with Crippen molar-refractivity contribution in [3.05, 3.63) is 35.9 Å². The van der Waals surface area contributed by atoms with Crippen LogP contribution < -0.4 is 0 Å². The summed E-state index contributed by atoms with van der Waals surface area (Å²) in [5.41, 5.74) is 1.47. The predicted molar refractivity (Wildman–Crippen MR) is 76.3 cm³/mol. The number of hydrogen-bond donors (Lipinski definition) is 0. The quantitative estimate of drug-likeness (QED) is 0.761. The summed E-state index contributed by atoms with van der Waals surface area (Å²) in [7, 11) is 0. The molecule has 0 spiro atoms. The van der Waals surface area contributed by atoms with E-state index in [1.165, 1.54) is 23.5 Å². The molecular formula is C12H15BrS2. The zero-order valence-electron chi connectivity index (χ0n) is 8.56. The molecule has 1 aliphatic rings. The summed E-state index contributed by atoms with van der Waals surface area (Å²) < 4.78 is 0.737. The fourth-order valence-corrected chi connectivity index (χ4v) is 6.20. The summed E-state index contributed by atoms with van der Waals surface area (Å²) >= 11 is 7.91. The Kier molecular flexibility index (Phi) is 4.92. The average Bonchev–Trinajstić information content (AvgIpc) is 2.33. The molecule has 0 aromatic heterocycles. The molecular weight excluding hydrogens is 288 g/mol. The molecule has 1 aromatic rings. The van der Waals surface area contributed by atoms with Crippen LogP contribution in [0.3, 0.4) is 0 Å². The Balaban J connectivity index is 2.09. The smallest absolute Gasteiger partial charge is 0.0578 e. The Morgan fingerprint density at radius 2 is 1.87 bits per heavy atom. The lowest BCUT2D eigenvalue weighted by Gasteiger charge is -2.28. The molecule has 1 atom stereocenters. The first-order chi connectivity index (χ1) is 7.42. The van der Waals surface area contributed by atoms with Gasteiger partial charge in [-0.25, -0.2) is 0 Å². The van der Waals surface area contributed by atoms with Crippen molar-refractivity contribution in [3.8, 4) is 0 Å². The summed E-state index contributed by atoms with van der Waals surface area (Å²) in [5, 5.41) is 1.07. The van der Waals surface area contributed by atoms with Crippen molar-refractivity contribution < 1.29 is 0 Å². The molecule has 0 radical (unpaired) electrons. The Hall–Kier alpha value is 0.400. The van der Waals surface area contributed by atoms with Crippen molar-refractivity contribution >= 4 is 39.5 Å². The minimum Gasteiger partial charge on any atom is -0.147 e. The van der Waals surface area contributed by atoms with Crippen LogP contribution in [0.4, 0.5) is 0 Å². The van der Waals surface area contributed by atoms with Crippen LogP contribution in [-0.2, 0) is 0 Å². The zero-order valence-corrected chi connectivity index (χ0v) is 11.8. The van der Waals surface area contributed by atoms with Crippen LogP contribution in [0.5, 0.6) is 0 Å². The number of halogens is 1. The summed E-state index contributed by atoms with van der Waals surface area (Å²) in [5.74, 6) is 3.31. The molecule has 2 rings (SSSR count). The average molecular weight is 303 g/mol. The van der Waals surface area contributed by atoms with Gasteiger partial charge >= 0.3 is 0 Å². The number of benzene rings is 1. The molecule has 0 amide bonds. The minimum atomic E-state index is 0.654. The van der Waals surface area contributed by atoms with Crippen molar-refractivity contribution in [1.82, 2.24) is 0 Å². The van der Waals surface area contributed by atoms with E-state index in [-0.39, 0.29) is 0 Å². The van der Waals surface area contributed by atoms with Crippen molar-refractivity contribution in [2.75, 3.05) is 16.8 Å². The van der Waals surface area contributed by atoms with E-state index >= 15 is 0 Å². The molecule has 82 valence electrons. The van der Waals surface area contributed by atoms with Gasteiger partial charge in [-0.2, -0.15) is 0 Å². The van der Waals surface area contributed by atoms with Crippen molar-refractivity contribution in [2.45, 2.75) is 16.9 Å². The highest BCUT2D eigenvalue weighted by Gasteiger charge is 2.25. The van der Waals surface area contributed by atoms with Gasteiger partial charge in [0.05, 0.1) is 4.58 Å². The molecule has 1 saturated heterocycles. The van der Waals surface area contributed by atoms with Crippen LogP contribution in [-0.4, -0.2) is 21.4 Å². The molecule has 1 unspecified atom stereocenters. The standard InChI is InChI=1S/C12H15BrS2/c13-9-11(10-5-2-1-3-6-10)12-14-7-4-8-15-12/h1-3,5-6,11-12H,4,7-9H2. The summed E-state index contributed by atoms with van der Waals surface area (Å²) in [6, 6.07) is 10.9. The molecule has 3 heteroatoms. The lowest BCUT2D eigenvalue weighted by molar-refractivity contribution is 0.858. The van der Waals surface area contributed by atoms with Gasteiger partial charge < -0.3 is 0 Å². The van der Waals surface area contributed by atoms with E-state index in [0.717, 1.165) is 9.91 Å². The number of alkyl halides is 1. The molecule has 1 fully saturated rings. The zero-order chi connectivity index (χ0) is 10.5. The maximum atomic E-state index is 3.66. The highest BCUT2D eigenvalue weighted by atomic mass is 79.9. The largest absolute Gasteiger partial charge is 0.147 e. The topological polar surface area (TPSA) is 0 Å². The highest BCUT2D eigenvalue weighted by molar-refractivity contribution is 9.09. The van der Waals surface area contributed by atoms with Crippen molar-refractivity contribution in [3.63, 3.8) is 0 Å². The van der Waals surface area contributed by atoms with Crippen LogP contribution in [0.15, 0.2) is 30.3 Å². The number of rotatable bonds is 3. The van der Waals surface area contributed by atoms with Gasteiger partial charge in [-0.1, -0.05) is 46.3 Å². The van der Waals surface area contributed by atoms with Gasteiger partial charge in [0.2, 0.25) is 0 Å². The monoisotopic (exact) mass is 302 g/mol. The van der Waals surface area contributed by atoms with Gasteiger partial charge in [0.25, 0.3) is 0 Å². The van der Waals surface area contributed by atoms with E-state index in [4.69, 9.17) is 0 Å². The van der Waals surface area contributed by atoms with Gasteiger partial charge in [0.15, 0.2) is 0 Å². The first-order valence-electron chi connectivity index (χ1n) is 5.26. The summed E-state index contributed by atoms with van der Waals surface area (Å²) in [6.07, 6.45) is 1.37. The summed E-state index contributed by atoms with van der Waals surface area (Å²) in [4.78, 5) is 0. The number of hydrogen-bond acceptors (Lipinski definition) is 2. The second-order valence-electron chi connectivity index (χ2n) is 3.64. The van der Waals surface area contributed by atoms with Gasteiger partial charge in [0, 0.05) is 11.2 Å². The van der Waals surface area contributed by atoms with Gasteiger partial charge in [-0.05, 0) is 23.5 Å². The summed E-state index contributed by atoms with van der Waals surface area (Å²) in [6.45, 7) is 0. The number of thioether (sulfide) groups is 2. The highest BCUT2D eigenvalue weighted by Crippen LogP contribution is 2.41. The molecule has 1 aromatic carbocycles. The van der Waals surface area contributed by atoms with Crippen molar-refractivity contribution in [1.29, 1.82) is 0 Å². The Morgan fingerprint density at radius 3 is 2.47 bits per heavy atom. The Labute approximate surface area is 109 Å². The minimum absolute atomic E-state index is 0.654. The molecule has 0 nitrogen and oxygen atoms in total. The predicted octanol–water partition coefficient (Wildman–Crippen LogP) is 4.36. The van der Waals surface area contributed by atoms with E-state index in [2.05, 4.69) is 69.8 Å². The second-order valence-corrected chi connectivity index (χ2v) is 7.08.